The summed E-state index contributed by atoms with van der Waals surface area (Å²) in [4.78, 5) is 4.37. The lowest BCUT2D eigenvalue weighted by Gasteiger charge is -2.12. The van der Waals surface area contributed by atoms with Gasteiger partial charge in [-0.05, 0) is 37.6 Å². The molecule has 2 aromatic heterocycles. The summed E-state index contributed by atoms with van der Waals surface area (Å²) < 4.78 is 7.37. The van der Waals surface area contributed by atoms with E-state index in [1.165, 1.54) is 5.39 Å². The Bertz CT molecular complexity index is 1190. The SMILES string of the molecule is COc1ccc2ncc(C#N)c(NCCCn3nc(C)c4ccccc43)c2c1. The maximum absolute atomic E-state index is 9.48. The molecule has 0 unspecified atom stereocenters. The van der Waals surface area contributed by atoms with Gasteiger partial charge < -0.3 is 10.1 Å². The molecule has 0 saturated heterocycles. The summed E-state index contributed by atoms with van der Waals surface area (Å²) in [7, 11) is 1.63. The van der Waals surface area contributed by atoms with Gasteiger partial charge in [0.05, 0.1) is 35.1 Å². The molecule has 4 rings (SSSR count). The van der Waals surface area contributed by atoms with Crippen LogP contribution in [0.15, 0.2) is 48.7 Å². The summed E-state index contributed by atoms with van der Waals surface area (Å²) in [6.45, 7) is 3.56. The van der Waals surface area contributed by atoms with Gasteiger partial charge >= 0.3 is 0 Å². The fourth-order valence-electron chi connectivity index (χ4n) is 3.48. The van der Waals surface area contributed by atoms with Crippen LogP contribution in [0, 0.1) is 18.3 Å². The molecule has 6 nitrogen and oxygen atoms in total. The fourth-order valence-corrected chi connectivity index (χ4v) is 3.48. The average Bonchev–Trinajstić information content (AvgIpc) is 3.06. The first kappa shape index (κ1) is 17.8. The third kappa shape index (κ3) is 3.23. The quantitative estimate of drug-likeness (QED) is 0.512. The molecule has 4 aromatic rings. The number of para-hydroxylation sites is 1. The van der Waals surface area contributed by atoms with Gasteiger partial charge in [-0.3, -0.25) is 9.67 Å². The first-order chi connectivity index (χ1) is 13.7. The Labute approximate surface area is 163 Å². The number of fused-ring (bicyclic) bond motifs is 2. The minimum Gasteiger partial charge on any atom is -0.497 e. The molecule has 0 saturated carbocycles. The topological polar surface area (TPSA) is 75.8 Å². The van der Waals surface area contributed by atoms with E-state index in [0.29, 0.717) is 5.56 Å². The lowest BCUT2D eigenvalue weighted by atomic mass is 10.1. The van der Waals surface area contributed by atoms with Crippen LogP contribution in [-0.2, 0) is 6.54 Å². The minimum atomic E-state index is 0.529. The third-order valence-corrected chi connectivity index (χ3v) is 4.89. The highest BCUT2D eigenvalue weighted by Gasteiger charge is 2.10. The molecule has 1 N–H and O–H groups in total. The Hall–Kier alpha value is -3.59. The second-order valence-electron chi connectivity index (χ2n) is 6.65. The van der Waals surface area contributed by atoms with Crippen LogP contribution in [0.1, 0.15) is 17.7 Å². The van der Waals surface area contributed by atoms with E-state index >= 15 is 0 Å². The standard InChI is InChI=1S/C22H21N5O/c1-15-18-6-3-4-7-21(18)27(26-15)11-5-10-24-22-16(13-23)14-25-20-9-8-17(28-2)12-19(20)22/h3-4,6-9,12,14H,5,10-11H2,1-2H3,(H,24,25). The number of nitrogens with zero attached hydrogens (tertiary/aromatic N) is 4. The van der Waals surface area contributed by atoms with Crippen molar-refractivity contribution in [2.45, 2.75) is 19.9 Å². The van der Waals surface area contributed by atoms with Gasteiger partial charge in [-0.25, -0.2) is 0 Å². The average molecular weight is 371 g/mol. The van der Waals surface area contributed by atoms with Crippen molar-refractivity contribution in [2.24, 2.45) is 0 Å². The van der Waals surface area contributed by atoms with E-state index in [4.69, 9.17) is 4.74 Å². The highest BCUT2D eigenvalue weighted by Crippen LogP contribution is 2.29. The number of rotatable bonds is 6. The molecular formula is C22H21N5O. The smallest absolute Gasteiger partial charge is 0.119 e. The molecule has 6 heteroatoms. The van der Waals surface area contributed by atoms with Gasteiger partial charge in [0.25, 0.3) is 0 Å². The summed E-state index contributed by atoms with van der Waals surface area (Å²) in [5.41, 5.74) is 4.35. The second-order valence-corrected chi connectivity index (χ2v) is 6.65. The Kier molecular flexibility index (Phi) is 4.81. The summed E-state index contributed by atoms with van der Waals surface area (Å²) in [5.74, 6) is 0.742. The Morgan fingerprint density at radius 1 is 1.18 bits per heavy atom. The van der Waals surface area contributed by atoms with Crippen molar-refractivity contribution in [1.82, 2.24) is 14.8 Å². The van der Waals surface area contributed by atoms with Crippen LogP contribution in [0.5, 0.6) is 5.75 Å². The molecule has 0 aliphatic rings. The Morgan fingerprint density at radius 3 is 2.86 bits per heavy atom. The van der Waals surface area contributed by atoms with Crippen LogP contribution in [0.25, 0.3) is 21.8 Å². The predicted molar refractivity (Wildman–Crippen MR) is 111 cm³/mol. The predicted octanol–water partition coefficient (Wildman–Crippen LogP) is 4.28. The monoisotopic (exact) mass is 371 g/mol. The number of hydrogen-bond donors (Lipinski definition) is 1. The minimum absolute atomic E-state index is 0.529. The number of anilines is 1. The number of hydrogen-bond acceptors (Lipinski definition) is 5. The molecule has 0 radical (unpaired) electrons. The molecule has 140 valence electrons. The molecule has 0 spiro atoms. The number of aryl methyl sites for hydroxylation is 2. The Morgan fingerprint density at radius 2 is 2.04 bits per heavy atom. The van der Waals surface area contributed by atoms with Crippen LogP contribution in [0.4, 0.5) is 5.69 Å². The summed E-state index contributed by atoms with van der Waals surface area (Å²) in [6, 6.07) is 16.2. The van der Waals surface area contributed by atoms with E-state index < -0.39 is 0 Å². The van der Waals surface area contributed by atoms with Crippen molar-refractivity contribution in [3.8, 4) is 11.8 Å². The zero-order valence-corrected chi connectivity index (χ0v) is 15.9. The van der Waals surface area contributed by atoms with E-state index in [2.05, 4.69) is 33.6 Å². The zero-order valence-electron chi connectivity index (χ0n) is 15.9. The van der Waals surface area contributed by atoms with Gasteiger partial charge in [0.1, 0.15) is 11.8 Å². The first-order valence-corrected chi connectivity index (χ1v) is 9.24. The van der Waals surface area contributed by atoms with E-state index in [-0.39, 0.29) is 0 Å². The summed E-state index contributed by atoms with van der Waals surface area (Å²) in [6.07, 6.45) is 2.49. The van der Waals surface area contributed by atoms with Gasteiger partial charge in [0.15, 0.2) is 0 Å². The first-order valence-electron chi connectivity index (χ1n) is 9.24. The molecule has 0 atom stereocenters. The van der Waals surface area contributed by atoms with Gasteiger partial charge in [-0.1, -0.05) is 18.2 Å². The number of ether oxygens (including phenoxy) is 1. The normalized spacial score (nSPS) is 10.9. The number of methoxy groups -OCH3 is 1. The number of aromatic nitrogens is 3. The van der Waals surface area contributed by atoms with Crippen molar-refractivity contribution in [2.75, 3.05) is 19.0 Å². The number of benzene rings is 2. The van der Waals surface area contributed by atoms with Gasteiger partial charge in [-0.2, -0.15) is 10.4 Å². The molecular weight excluding hydrogens is 350 g/mol. The molecule has 2 heterocycles. The molecule has 0 aliphatic heterocycles. The lowest BCUT2D eigenvalue weighted by molar-refractivity contribution is 0.415. The van der Waals surface area contributed by atoms with Gasteiger partial charge in [0.2, 0.25) is 0 Å². The molecule has 0 bridgehead atoms. The maximum Gasteiger partial charge on any atom is 0.119 e. The van der Waals surface area contributed by atoms with Crippen molar-refractivity contribution in [3.63, 3.8) is 0 Å². The maximum atomic E-state index is 9.48. The van der Waals surface area contributed by atoms with Gasteiger partial charge in [-0.15, -0.1) is 0 Å². The van der Waals surface area contributed by atoms with Gasteiger partial charge in [0, 0.05) is 30.1 Å². The van der Waals surface area contributed by atoms with Crippen molar-refractivity contribution in [1.29, 1.82) is 5.26 Å². The number of pyridine rings is 1. The highest BCUT2D eigenvalue weighted by molar-refractivity contribution is 5.94. The van der Waals surface area contributed by atoms with Crippen LogP contribution < -0.4 is 10.1 Å². The van der Waals surface area contributed by atoms with E-state index in [9.17, 15) is 5.26 Å². The third-order valence-electron chi connectivity index (χ3n) is 4.89. The summed E-state index contributed by atoms with van der Waals surface area (Å²) >= 11 is 0. The van der Waals surface area contributed by atoms with E-state index in [1.54, 1.807) is 13.3 Å². The summed E-state index contributed by atoms with van der Waals surface area (Å²) in [5, 5.41) is 19.6. The fraction of sp³-hybridized carbons (Fsp3) is 0.227. The number of nitriles is 1. The van der Waals surface area contributed by atoms with Crippen LogP contribution in [-0.4, -0.2) is 28.4 Å². The van der Waals surface area contributed by atoms with Crippen LogP contribution in [0.3, 0.4) is 0 Å². The van der Waals surface area contributed by atoms with E-state index in [1.807, 2.05) is 41.9 Å². The molecule has 28 heavy (non-hydrogen) atoms. The zero-order chi connectivity index (χ0) is 19.5. The molecule has 0 fully saturated rings. The molecule has 0 aliphatic carbocycles. The van der Waals surface area contributed by atoms with Crippen molar-refractivity contribution >= 4 is 27.5 Å². The van der Waals surface area contributed by atoms with Crippen LogP contribution in [0.2, 0.25) is 0 Å². The molecule has 2 aromatic carbocycles. The van der Waals surface area contributed by atoms with Crippen LogP contribution >= 0.6 is 0 Å². The lowest BCUT2D eigenvalue weighted by Crippen LogP contribution is -2.09. The van der Waals surface area contributed by atoms with Crippen molar-refractivity contribution < 1.29 is 4.74 Å². The highest BCUT2D eigenvalue weighted by atomic mass is 16.5. The van der Waals surface area contributed by atoms with Crippen molar-refractivity contribution in [3.05, 3.63) is 59.9 Å². The Balaban J connectivity index is 1.53. The largest absolute Gasteiger partial charge is 0.497 e. The molecule has 0 amide bonds. The van der Waals surface area contributed by atoms with E-state index in [0.717, 1.165) is 53.1 Å². The number of nitrogens with one attached hydrogen (secondary N) is 1. The second kappa shape index (κ2) is 7.57.